The highest BCUT2D eigenvalue weighted by molar-refractivity contribution is 5.83. The molecule has 0 bridgehead atoms. The Kier molecular flexibility index (Phi) is 7.01. The fourth-order valence-electron chi connectivity index (χ4n) is 2.19. The SMILES string of the molecule is CCC(=O)C(CO[C@H]1OC(CO)[C@H](O)[C@H](O)C1C)NC. The van der Waals surface area contributed by atoms with Gasteiger partial charge in [-0.25, -0.2) is 0 Å². The van der Waals surface area contributed by atoms with Crippen molar-refractivity contribution in [2.24, 2.45) is 5.92 Å². The molecule has 6 atom stereocenters. The quantitative estimate of drug-likeness (QED) is 0.459. The number of aliphatic hydroxyl groups is 3. The number of carbonyl (C=O) groups excluding carboxylic acids is 1. The number of hydrogen-bond acceptors (Lipinski definition) is 7. The summed E-state index contributed by atoms with van der Waals surface area (Å²) in [5, 5.41) is 31.6. The van der Waals surface area contributed by atoms with E-state index in [1.165, 1.54) is 0 Å². The topological polar surface area (TPSA) is 108 Å². The Morgan fingerprint density at radius 2 is 2.05 bits per heavy atom. The molecule has 1 aliphatic rings. The Morgan fingerprint density at radius 1 is 1.40 bits per heavy atom. The summed E-state index contributed by atoms with van der Waals surface area (Å²) in [6, 6.07) is -0.438. The molecule has 0 radical (unpaired) electrons. The zero-order valence-electron chi connectivity index (χ0n) is 12.2. The van der Waals surface area contributed by atoms with Crippen molar-refractivity contribution in [1.82, 2.24) is 5.32 Å². The van der Waals surface area contributed by atoms with E-state index in [-0.39, 0.29) is 12.4 Å². The maximum Gasteiger partial charge on any atom is 0.163 e. The molecule has 7 nitrogen and oxygen atoms in total. The Balaban J connectivity index is 2.59. The van der Waals surface area contributed by atoms with Gasteiger partial charge in [0.05, 0.1) is 25.4 Å². The number of rotatable bonds is 7. The molecule has 1 fully saturated rings. The van der Waals surface area contributed by atoms with Crippen LogP contribution in [0, 0.1) is 5.92 Å². The first kappa shape index (κ1) is 17.5. The predicted molar refractivity (Wildman–Crippen MR) is 71.0 cm³/mol. The van der Waals surface area contributed by atoms with Crippen LogP contribution in [0.15, 0.2) is 0 Å². The van der Waals surface area contributed by atoms with E-state index in [0.717, 1.165) is 0 Å². The summed E-state index contributed by atoms with van der Waals surface area (Å²) in [5.74, 6) is -0.433. The largest absolute Gasteiger partial charge is 0.394 e. The molecule has 0 saturated carbocycles. The minimum Gasteiger partial charge on any atom is -0.394 e. The number of aliphatic hydroxyl groups excluding tert-OH is 3. The Bertz CT molecular complexity index is 311. The van der Waals surface area contributed by atoms with Crippen LogP contribution in [0.3, 0.4) is 0 Å². The van der Waals surface area contributed by atoms with Crippen LogP contribution in [-0.2, 0) is 14.3 Å². The maximum absolute atomic E-state index is 11.6. The molecule has 0 spiro atoms. The molecule has 1 heterocycles. The Hall–Kier alpha value is -0.570. The van der Waals surface area contributed by atoms with E-state index >= 15 is 0 Å². The molecule has 1 rings (SSSR count). The lowest BCUT2D eigenvalue weighted by Crippen LogP contribution is -2.56. The third kappa shape index (κ3) is 3.97. The van der Waals surface area contributed by atoms with Crippen molar-refractivity contribution in [3.63, 3.8) is 0 Å². The Labute approximate surface area is 118 Å². The summed E-state index contributed by atoms with van der Waals surface area (Å²) in [7, 11) is 1.67. The van der Waals surface area contributed by atoms with E-state index in [2.05, 4.69) is 5.32 Å². The second kappa shape index (κ2) is 8.02. The molecule has 0 aromatic carbocycles. The fourth-order valence-corrected chi connectivity index (χ4v) is 2.19. The van der Waals surface area contributed by atoms with Gasteiger partial charge in [-0.05, 0) is 7.05 Å². The molecule has 7 heteroatoms. The molecule has 3 unspecified atom stereocenters. The number of ether oxygens (including phenoxy) is 2. The standard InChI is InChI=1S/C13H25NO6/c1-4-9(16)8(14-3)6-19-13-7(2)11(17)12(18)10(5-15)20-13/h7-8,10-15,17-18H,4-6H2,1-3H3/t7?,8?,10?,11-,12+,13+/m1/s1. The lowest BCUT2D eigenvalue weighted by Gasteiger charge is -2.41. The summed E-state index contributed by atoms with van der Waals surface area (Å²) in [6.07, 6.45) is -3.45. The number of ketones is 1. The van der Waals surface area contributed by atoms with Crippen molar-refractivity contribution in [1.29, 1.82) is 0 Å². The molecule has 118 valence electrons. The van der Waals surface area contributed by atoms with Crippen molar-refractivity contribution in [2.75, 3.05) is 20.3 Å². The molecule has 0 aromatic rings. The van der Waals surface area contributed by atoms with E-state index in [1.807, 2.05) is 0 Å². The number of likely N-dealkylation sites (N-methyl/N-ethyl adjacent to an activating group) is 1. The van der Waals surface area contributed by atoms with Crippen LogP contribution in [0.1, 0.15) is 20.3 Å². The van der Waals surface area contributed by atoms with E-state index in [1.54, 1.807) is 20.9 Å². The molecule has 1 saturated heterocycles. The lowest BCUT2D eigenvalue weighted by molar-refractivity contribution is -0.283. The van der Waals surface area contributed by atoms with Gasteiger partial charge in [0.25, 0.3) is 0 Å². The molecule has 0 aliphatic carbocycles. The van der Waals surface area contributed by atoms with Gasteiger partial charge >= 0.3 is 0 Å². The van der Waals surface area contributed by atoms with Gasteiger partial charge in [-0.1, -0.05) is 13.8 Å². The van der Waals surface area contributed by atoms with E-state index in [0.29, 0.717) is 6.42 Å². The van der Waals surface area contributed by atoms with Crippen LogP contribution in [0.4, 0.5) is 0 Å². The van der Waals surface area contributed by atoms with Crippen molar-refractivity contribution in [2.45, 2.75) is 50.9 Å². The minimum absolute atomic E-state index is 0.0234. The maximum atomic E-state index is 11.6. The van der Waals surface area contributed by atoms with E-state index < -0.39 is 43.2 Å². The van der Waals surface area contributed by atoms with E-state index in [9.17, 15) is 15.0 Å². The third-order valence-corrected chi connectivity index (χ3v) is 3.70. The monoisotopic (exact) mass is 291 g/mol. The van der Waals surface area contributed by atoms with Gasteiger partial charge in [0, 0.05) is 12.3 Å². The zero-order valence-corrected chi connectivity index (χ0v) is 12.2. The van der Waals surface area contributed by atoms with E-state index in [4.69, 9.17) is 14.6 Å². The average molecular weight is 291 g/mol. The van der Waals surface area contributed by atoms with Gasteiger partial charge in [-0.2, -0.15) is 0 Å². The van der Waals surface area contributed by atoms with Crippen LogP contribution < -0.4 is 5.32 Å². The van der Waals surface area contributed by atoms with Crippen LogP contribution in [0.5, 0.6) is 0 Å². The van der Waals surface area contributed by atoms with Crippen LogP contribution in [0.25, 0.3) is 0 Å². The molecular weight excluding hydrogens is 266 g/mol. The van der Waals surface area contributed by atoms with Crippen LogP contribution in [0.2, 0.25) is 0 Å². The zero-order chi connectivity index (χ0) is 15.3. The summed E-state index contributed by atoms with van der Waals surface area (Å²) in [5.41, 5.74) is 0. The Morgan fingerprint density at radius 3 is 2.55 bits per heavy atom. The highest BCUT2D eigenvalue weighted by Gasteiger charge is 2.42. The smallest absolute Gasteiger partial charge is 0.163 e. The third-order valence-electron chi connectivity index (χ3n) is 3.70. The normalized spacial score (nSPS) is 35.8. The summed E-state index contributed by atoms with van der Waals surface area (Å²) < 4.78 is 11.0. The summed E-state index contributed by atoms with van der Waals surface area (Å²) in [6.45, 7) is 3.16. The van der Waals surface area contributed by atoms with Crippen molar-refractivity contribution < 1.29 is 29.6 Å². The predicted octanol–water partition coefficient (Wildman–Crippen LogP) is -1.35. The summed E-state index contributed by atoms with van der Waals surface area (Å²) in [4.78, 5) is 11.6. The molecular formula is C13H25NO6. The van der Waals surface area contributed by atoms with Crippen LogP contribution >= 0.6 is 0 Å². The average Bonchev–Trinajstić information content (AvgIpc) is 2.47. The second-order valence-electron chi connectivity index (χ2n) is 5.06. The molecule has 0 amide bonds. The lowest BCUT2D eigenvalue weighted by atomic mass is 9.92. The van der Waals surface area contributed by atoms with Gasteiger partial charge in [0.2, 0.25) is 0 Å². The number of hydrogen-bond donors (Lipinski definition) is 4. The van der Waals surface area contributed by atoms with Gasteiger partial charge in [0.15, 0.2) is 12.1 Å². The van der Waals surface area contributed by atoms with Crippen molar-refractivity contribution in [3.8, 4) is 0 Å². The molecule has 4 N–H and O–H groups in total. The highest BCUT2D eigenvalue weighted by Crippen LogP contribution is 2.26. The second-order valence-corrected chi connectivity index (χ2v) is 5.06. The van der Waals surface area contributed by atoms with Crippen molar-refractivity contribution >= 4 is 5.78 Å². The van der Waals surface area contributed by atoms with Crippen LogP contribution in [-0.4, -0.2) is 72.0 Å². The first-order valence-electron chi connectivity index (χ1n) is 6.90. The molecule has 20 heavy (non-hydrogen) atoms. The van der Waals surface area contributed by atoms with Gasteiger partial charge < -0.3 is 30.1 Å². The fraction of sp³-hybridized carbons (Fsp3) is 0.923. The van der Waals surface area contributed by atoms with Gasteiger partial charge in [-0.15, -0.1) is 0 Å². The number of nitrogens with one attached hydrogen (secondary N) is 1. The van der Waals surface area contributed by atoms with Gasteiger partial charge in [-0.3, -0.25) is 4.79 Å². The van der Waals surface area contributed by atoms with Crippen molar-refractivity contribution in [3.05, 3.63) is 0 Å². The summed E-state index contributed by atoms with van der Waals surface area (Å²) >= 11 is 0. The highest BCUT2D eigenvalue weighted by atomic mass is 16.7. The number of carbonyl (C=O) groups is 1. The number of Topliss-reactive ketones (excluding diaryl/α,β-unsaturated/α-hetero) is 1. The first-order valence-corrected chi connectivity index (χ1v) is 6.90. The molecule has 0 aromatic heterocycles. The van der Waals surface area contributed by atoms with Gasteiger partial charge in [0.1, 0.15) is 12.2 Å². The molecule has 1 aliphatic heterocycles. The minimum atomic E-state index is -1.15. The first-order chi connectivity index (χ1) is 9.46.